The number of nitriles is 1. The summed E-state index contributed by atoms with van der Waals surface area (Å²) in [7, 11) is -1.67. The lowest BCUT2D eigenvalue weighted by molar-refractivity contribution is 0.135. The van der Waals surface area contributed by atoms with Crippen molar-refractivity contribution >= 4 is 21.6 Å². The molecule has 1 aliphatic heterocycles. The Morgan fingerprint density at radius 1 is 1.30 bits per heavy atom. The van der Waals surface area contributed by atoms with E-state index in [4.69, 9.17) is 16.9 Å². The molecular weight excluding hydrogens is 300 g/mol. The lowest BCUT2D eigenvalue weighted by Crippen LogP contribution is -2.52. The van der Waals surface area contributed by atoms with Crippen LogP contribution in [0.15, 0.2) is 23.1 Å². The molecule has 8 heteroatoms. The maximum Gasteiger partial charge on any atom is 0.253 e. The van der Waals surface area contributed by atoms with E-state index in [1.165, 1.54) is 18.2 Å². The second-order valence-corrected chi connectivity index (χ2v) is 6.71. The number of nitrogens with zero attached hydrogens (tertiary/aromatic N) is 3. The van der Waals surface area contributed by atoms with E-state index in [0.29, 0.717) is 13.1 Å². The highest BCUT2D eigenvalue weighted by Gasteiger charge is 2.22. The number of hydrogen-bond acceptors (Lipinski definition) is 5. The van der Waals surface area contributed by atoms with Crippen LogP contribution >= 0.6 is 11.6 Å². The van der Waals surface area contributed by atoms with Crippen molar-refractivity contribution in [3.63, 3.8) is 0 Å². The van der Waals surface area contributed by atoms with E-state index in [0.717, 1.165) is 13.1 Å². The van der Waals surface area contributed by atoms with Crippen LogP contribution in [0.5, 0.6) is 0 Å². The predicted molar refractivity (Wildman–Crippen MR) is 75.6 cm³/mol. The summed E-state index contributed by atoms with van der Waals surface area (Å²) in [6.07, 6.45) is 0. The van der Waals surface area contributed by atoms with Gasteiger partial charge in [-0.05, 0) is 25.2 Å². The Kier molecular flexibility index (Phi) is 4.62. The molecule has 0 unspecified atom stereocenters. The van der Waals surface area contributed by atoms with Gasteiger partial charge in [-0.25, -0.2) is 13.4 Å². The molecule has 0 aromatic heterocycles. The van der Waals surface area contributed by atoms with Gasteiger partial charge in [0.05, 0.1) is 15.5 Å². The maximum atomic E-state index is 12.2. The van der Waals surface area contributed by atoms with Crippen LogP contribution in [0.25, 0.3) is 0 Å². The summed E-state index contributed by atoms with van der Waals surface area (Å²) in [6.45, 7) is 2.85. The Morgan fingerprint density at radius 3 is 2.50 bits per heavy atom. The zero-order chi connectivity index (χ0) is 14.8. The van der Waals surface area contributed by atoms with Gasteiger partial charge in [-0.2, -0.15) is 5.26 Å². The Labute approximate surface area is 123 Å². The number of sulfonamides is 1. The molecule has 20 heavy (non-hydrogen) atoms. The van der Waals surface area contributed by atoms with Gasteiger partial charge in [0.2, 0.25) is 0 Å². The third kappa shape index (κ3) is 3.48. The van der Waals surface area contributed by atoms with Crippen molar-refractivity contribution in [1.29, 1.82) is 5.26 Å². The van der Waals surface area contributed by atoms with E-state index >= 15 is 0 Å². The molecule has 1 aliphatic rings. The van der Waals surface area contributed by atoms with Crippen LogP contribution in [0.1, 0.15) is 5.56 Å². The fourth-order valence-corrected chi connectivity index (χ4v) is 3.31. The minimum Gasteiger partial charge on any atom is -0.304 e. The van der Waals surface area contributed by atoms with E-state index in [1.54, 1.807) is 5.01 Å². The number of benzene rings is 1. The third-order valence-corrected chi connectivity index (χ3v) is 4.81. The molecule has 0 amide bonds. The van der Waals surface area contributed by atoms with Crippen LogP contribution in [0.4, 0.5) is 0 Å². The number of halogens is 1. The highest BCUT2D eigenvalue weighted by molar-refractivity contribution is 7.89. The number of hydrazine groups is 1. The summed E-state index contributed by atoms with van der Waals surface area (Å²) in [6, 6.07) is 5.97. The van der Waals surface area contributed by atoms with Gasteiger partial charge < -0.3 is 4.90 Å². The van der Waals surface area contributed by atoms with Gasteiger partial charge in [0.25, 0.3) is 10.0 Å². The molecule has 1 aromatic carbocycles. The van der Waals surface area contributed by atoms with Gasteiger partial charge in [-0.1, -0.05) is 11.6 Å². The lowest BCUT2D eigenvalue weighted by atomic mass is 10.2. The SMILES string of the molecule is CN1CCN(NS(=O)(=O)c2ccc(C#N)c(Cl)c2)CC1. The lowest BCUT2D eigenvalue weighted by Gasteiger charge is -2.32. The summed E-state index contributed by atoms with van der Waals surface area (Å²) in [4.78, 5) is 4.72. The predicted octanol–water partition coefficient (Wildman–Crippen LogP) is 0.652. The van der Waals surface area contributed by atoms with Gasteiger partial charge in [-0.15, -0.1) is 4.83 Å². The van der Waals surface area contributed by atoms with Gasteiger partial charge in [-0.3, -0.25) is 0 Å². The van der Waals surface area contributed by atoms with Gasteiger partial charge in [0.1, 0.15) is 6.07 Å². The highest BCUT2D eigenvalue weighted by atomic mass is 35.5. The number of hydrogen-bond donors (Lipinski definition) is 1. The zero-order valence-corrected chi connectivity index (χ0v) is 12.6. The smallest absolute Gasteiger partial charge is 0.253 e. The molecule has 0 bridgehead atoms. The molecule has 0 spiro atoms. The molecule has 6 nitrogen and oxygen atoms in total. The minimum absolute atomic E-state index is 0.0560. The van der Waals surface area contributed by atoms with Crippen molar-refractivity contribution in [3.8, 4) is 6.07 Å². The molecule has 1 heterocycles. The van der Waals surface area contributed by atoms with Gasteiger partial charge in [0.15, 0.2) is 0 Å². The van der Waals surface area contributed by atoms with Gasteiger partial charge in [0, 0.05) is 26.2 Å². The molecule has 1 N–H and O–H groups in total. The summed E-state index contributed by atoms with van der Waals surface area (Å²) in [5.41, 5.74) is 0.255. The van der Waals surface area contributed by atoms with E-state index in [-0.39, 0.29) is 15.5 Å². The van der Waals surface area contributed by atoms with Crippen LogP contribution < -0.4 is 4.83 Å². The number of nitrogens with one attached hydrogen (secondary N) is 1. The van der Waals surface area contributed by atoms with Crippen molar-refractivity contribution in [1.82, 2.24) is 14.7 Å². The van der Waals surface area contributed by atoms with E-state index in [9.17, 15) is 8.42 Å². The number of rotatable bonds is 3. The second-order valence-electron chi connectivity index (χ2n) is 4.64. The first kappa shape index (κ1) is 15.2. The van der Waals surface area contributed by atoms with Crippen molar-refractivity contribution in [2.45, 2.75) is 4.90 Å². The third-order valence-electron chi connectivity index (χ3n) is 3.12. The average Bonchev–Trinajstić information content (AvgIpc) is 2.41. The molecular formula is C12H15ClN4O2S. The largest absolute Gasteiger partial charge is 0.304 e. The molecule has 1 aromatic rings. The molecule has 1 fully saturated rings. The molecule has 108 valence electrons. The minimum atomic E-state index is -3.66. The van der Waals surface area contributed by atoms with Crippen LogP contribution in [-0.2, 0) is 10.0 Å². The monoisotopic (exact) mass is 314 g/mol. The Morgan fingerprint density at radius 2 is 1.95 bits per heavy atom. The standard InChI is InChI=1S/C12H15ClN4O2S/c1-16-4-6-17(7-5-16)15-20(18,19)11-3-2-10(9-14)12(13)8-11/h2-3,8,15H,4-7H2,1H3. The molecule has 0 atom stereocenters. The van der Waals surface area contributed by atoms with E-state index in [2.05, 4.69) is 9.73 Å². The number of piperazine rings is 1. The topological polar surface area (TPSA) is 76.4 Å². The maximum absolute atomic E-state index is 12.2. The number of likely N-dealkylation sites (N-methyl/N-ethyl adjacent to an activating group) is 1. The normalized spacial score (nSPS) is 17.9. The fraction of sp³-hybridized carbons (Fsp3) is 0.417. The summed E-state index contributed by atoms with van der Waals surface area (Å²) < 4.78 is 24.5. The summed E-state index contributed by atoms with van der Waals surface area (Å²) in [5.74, 6) is 0. The van der Waals surface area contributed by atoms with E-state index in [1.807, 2.05) is 13.1 Å². The van der Waals surface area contributed by atoms with Crippen molar-refractivity contribution in [3.05, 3.63) is 28.8 Å². The summed E-state index contributed by atoms with van der Waals surface area (Å²) >= 11 is 5.86. The zero-order valence-electron chi connectivity index (χ0n) is 11.0. The Balaban J connectivity index is 2.14. The van der Waals surface area contributed by atoms with E-state index < -0.39 is 10.0 Å². The molecule has 0 aliphatic carbocycles. The average molecular weight is 315 g/mol. The second kappa shape index (κ2) is 6.08. The van der Waals surface area contributed by atoms with Crippen LogP contribution in [0.3, 0.4) is 0 Å². The first-order valence-electron chi connectivity index (χ1n) is 6.08. The van der Waals surface area contributed by atoms with Crippen LogP contribution in [0.2, 0.25) is 5.02 Å². The van der Waals surface area contributed by atoms with Crippen LogP contribution in [-0.4, -0.2) is 51.6 Å². The van der Waals surface area contributed by atoms with Crippen LogP contribution in [0, 0.1) is 11.3 Å². The quantitative estimate of drug-likeness (QED) is 0.886. The molecule has 1 saturated heterocycles. The molecule has 0 radical (unpaired) electrons. The molecule has 0 saturated carbocycles. The summed E-state index contributed by atoms with van der Waals surface area (Å²) in [5, 5.41) is 10.6. The Bertz CT molecular complexity index is 633. The Hall–Kier alpha value is -1.17. The highest BCUT2D eigenvalue weighted by Crippen LogP contribution is 2.20. The van der Waals surface area contributed by atoms with Crippen molar-refractivity contribution in [2.75, 3.05) is 33.2 Å². The van der Waals surface area contributed by atoms with Crippen molar-refractivity contribution in [2.24, 2.45) is 0 Å². The van der Waals surface area contributed by atoms with Crippen molar-refractivity contribution < 1.29 is 8.42 Å². The first-order valence-corrected chi connectivity index (χ1v) is 7.94. The first-order chi connectivity index (χ1) is 9.42. The fourth-order valence-electron chi connectivity index (χ4n) is 1.87. The van der Waals surface area contributed by atoms with Gasteiger partial charge >= 0.3 is 0 Å². The molecule has 2 rings (SSSR count).